The summed E-state index contributed by atoms with van der Waals surface area (Å²) in [6, 6.07) is 27.1. The summed E-state index contributed by atoms with van der Waals surface area (Å²) in [4.78, 5) is 30.3. The second kappa shape index (κ2) is 16.0. The number of carbonyl (C=O) groups is 2. The fourth-order valence-corrected chi connectivity index (χ4v) is 8.27. The van der Waals surface area contributed by atoms with Crippen molar-refractivity contribution in [3.8, 4) is 5.75 Å². The number of ether oxygens (including phenoxy) is 1. The number of amides is 2. The van der Waals surface area contributed by atoms with Gasteiger partial charge in [-0.15, -0.1) is 0 Å². The van der Waals surface area contributed by atoms with Crippen LogP contribution in [0.3, 0.4) is 0 Å². The molecule has 1 fully saturated rings. The molecular weight excluding hydrogens is 714 g/mol. The number of halogens is 2. The van der Waals surface area contributed by atoms with E-state index in [2.05, 4.69) is 21.2 Å². The molecule has 0 aromatic heterocycles. The van der Waals surface area contributed by atoms with Crippen molar-refractivity contribution >= 4 is 55.1 Å². The van der Waals surface area contributed by atoms with Crippen LogP contribution < -0.4 is 14.4 Å². The lowest BCUT2D eigenvalue weighted by Crippen LogP contribution is -2.54. The monoisotopic (exact) mass is 751 g/mol. The average molecular weight is 753 g/mol. The maximum absolute atomic E-state index is 14.7. The van der Waals surface area contributed by atoms with Gasteiger partial charge in [0, 0.05) is 24.0 Å². The fraction of sp³-hybridized carbons (Fsp3) is 0.297. The first-order valence-corrected chi connectivity index (χ1v) is 18.5. The highest BCUT2D eigenvalue weighted by atomic mass is 79.9. The summed E-state index contributed by atoms with van der Waals surface area (Å²) in [5, 5.41) is 3.68. The third-order valence-electron chi connectivity index (χ3n) is 8.53. The van der Waals surface area contributed by atoms with Crippen LogP contribution in [0.1, 0.15) is 42.4 Å². The zero-order valence-corrected chi connectivity index (χ0v) is 30.1. The van der Waals surface area contributed by atoms with Gasteiger partial charge in [0.05, 0.1) is 22.2 Å². The number of aryl methyl sites for hydroxylation is 1. The first-order chi connectivity index (χ1) is 23.0. The smallest absolute Gasteiger partial charge is 0.264 e. The number of hydrogen-bond donors (Lipinski definition) is 1. The summed E-state index contributed by atoms with van der Waals surface area (Å²) in [6.07, 6.45) is 4.06. The van der Waals surface area contributed by atoms with Gasteiger partial charge in [0.15, 0.2) is 0 Å². The van der Waals surface area contributed by atoms with Crippen LogP contribution >= 0.6 is 27.5 Å². The summed E-state index contributed by atoms with van der Waals surface area (Å²) < 4.78 is 35.6. The predicted molar refractivity (Wildman–Crippen MR) is 193 cm³/mol. The third-order valence-corrected chi connectivity index (χ3v) is 11.2. The highest BCUT2D eigenvalue weighted by molar-refractivity contribution is 9.10. The Balaban J connectivity index is 1.57. The molecule has 0 radical (unpaired) electrons. The molecule has 0 heterocycles. The molecule has 0 aliphatic heterocycles. The van der Waals surface area contributed by atoms with E-state index in [0.29, 0.717) is 26.5 Å². The molecule has 0 bridgehead atoms. The van der Waals surface area contributed by atoms with E-state index in [9.17, 15) is 18.0 Å². The number of benzene rings is 4. The molecule has 1 aliphatic rings. The second-order valence-corrected chi connectivity index (χ2v) is 15.1. The summed E-state index contributed by atoms with van der Waals surface area (Å²) in [7, 11) is -2.77. The number of carbonyl (C=O) groups excluding carboxylic acids is 2. The van der Waals surface area contributed by atoms with Crippen LogP contribution in [-0.4, -0.2) is 50.9 Å². The molecule has 4 aromatic rings. The van der Waals surface area contributed by atoms with Crippen LogP contribution in [0, 0.1) is 6.92 Å². The van der Waals surface area contributed by atoms with E-state index in [1.165, 1.54) is 24.1 Å². The summed E-state index contributed by atoms with van der Waals surface area (Å²) in [6.45, 7) is 1.40. The van der Waals surface area contributed by atoms with Crippen LogP contribution in [-0.2, 0) is 32.6 Å². The van der Waals surface area contributed by atoms with Crippen molar-refractivity contribution in [2.75, 3.05) is 18.0 Å². The van der Waals surface area contributed by atoms with Crippen molar-refractivity contribution in [1.82, 2.24) is 10.2 Å². The molecule has 1 saturated carbocycles. The molecular formula is C37H39BrClN3O5S. The van der Waals surface area contributed by atoms with E-state index in [1.54, 1.807) is 48.5 Å². The Kier molecular flexibility index (Phi) is 11.8. The number of methoxy groups -OCH3 is 1. The van der Waals surface area contributed by atoms with E-state index < -0.39 is 28.5 Å². The highest BCUT2D eigenvalue weighted by Gasteiger charge is 2.35. The van der Waals surface area contributed by atoms with Gasteiger partial charge in [0.25, 0.3) is 10.0 Å². The normalized spacial score (nSPS) is 13.9. The van der Waals surface area contributed by atoms with E-state index in [0.717, 1.165) is 41.1 Å². The van der Waals surface area contributed by atoms with E-state index in [-0.39, 0.29) is 29.8 Å². The van der Waals surface area contributed by atoms with Gasteiger partial charge in [-0.1, -0.05) is 84.6 Å². The topological polar surface area (TPSA) is 96.0 Å². The Hall–Kier alpha value is -3.86. The first-order valence-electron chi connectivity index (χ1n) is 15.9. The van der Waals surface area contributed by atoms with E-state index >= 15 is 0 Å². The predicted octanol–water partition coefficient (Wildman–Crippen LogP) is 7.31. The second-order valence-electron chi connectivity index (χ2n) is 12.0. The van der Waals surface area contributed by atoms with E-state index in [1.807, 2.05) is 43.3 Å². The molecule has 252 valence electrons. The minimum atomic E-state index is -4.27. The highest BCUT2D eigenvalue weighted by Crippen LogP contribution is 2.31. The molecule has 1 aliphatic carbocycles. The van der Waals surface area contributed by atoms with Crippen molar-refractivity contribution < 1.29 is 22.7 Å². The Morgan fingerprint density at radius 2 is 1.62 bits per heavy atom. The summed E-state index contributed by atoms with van der Waals surface area (Å²) in [5.74, 6) is -0.337. The minimum Gasteiger partial charge on any atom is -0.496 e. The quantitative estimate of drug-likeness (QED) is 0.155. The van der Waals surface area contributed by atoms with Crippen molar-refractivity contribution in [2.45, 2.75) is 62.6 Å². The van der Waals surface area contributed by atoms with Gasteiger partial charge >= 0.3 is 0 Å². The Bertz CT molecular complexity index is 1830. The van der Waals surface area contributed by atoms with Crippen molar-refractivity contribution in [1.29, 1.82) is 0 Å². The largest absolute Gasteiger partial charge is 0.496 e. The number of hydrogen-bond acceptors (Lipinski definition) is 5. The van der Waals surface area contributed by atoms with Gasteiger partial charge in [-0.3, -0.25) is 13.9 Å². The SMILES string of the molecule is COc1ccc(S(=O)(=O)N(CC(=O)N(Cc2cccc(Cl)c2)[C@@H](Cc2ccccc2)C(=O)NC2CCCC2)c2ccc(C)cc2)cc1Br. The molecule has 0 unspecified atom stereocenters. The van der Waals surface area contributed by atoms with Crippen molar-refractivity contribution in [2.24, 2.45) is 0 Å². The summed E-state index contributed by atoms with van der Waals surface area (Å²) >= 11 is 9.74. The standard InChI is InChI=1S/C37H39BrClN3O5S/c1-26-15-17-31(18-16-26)42(48(45,46)32-19-20-35(47-2)33(38)23-32)25-36(43)41(24-28-11-8-12-29(39)21-28)34(22-27-9-4-3-5-10-27)37(44)40-30-13-6-7-14-30/h3-5,8-12,15-21,23,30,34H,6-7,13-14,22,24-25H2,1-2H3,(H,40,44)/t34-/m0/s1. The number of nitrogens with one attached hydrogen (secondary N) is 1. The maximum Gasteiger partial charge on any atom is 0.264 e. The lowest BCUT2D eigenvalue weighted by Gasteiger charge is -2.34. The van der Waals surface area contributed by atoms with Crippen LogP contribution in [0.5, 0.6) is 5.75 Å². The lowest BCUT2D eigenvalue weighted by atomic mass is 10.0. The molecule has 5 rings (SSSR count). The van der Waals surface area contributed by atoms with Gasteiger partial charge in [-0.05, 0) is 89.3 Å². The van der Waals surface area contributed by atoms with Crippen molar-refractivity contribution in [3.63, 3.8) is 0 Å². The van der Waals surface area contributed by atoms with Crippen LogP contribution in [0.15, 0.2) is 106 Å². The van der Waals surface area contributed by atoms with E-state index in [4.69, 9.17) is 16.3 Å². The molecule has 11 heteroatoms. The number of nitrogens with zero attached hydrogens (tertiary/aromatic N) is 2. The zero-order chi connectivity index (χ0) is 34.3. The van der Waals surface area contributed by atoms with Gasteiger partial charge in [-0.2, -0.15) is 0 Å². The van der Waals surface area contributed by atoms with Gasteiger partial charge in [0.2, 0.25) is 11.8 Å². The Morgan fingerprint density at radius 1 is 0.938 bits per heavy atom. The molecule has 4 aromatic carbocycles. The Labute approximate surface area is 296 Å². The molecule has 0 spiro atoms. The molecule has 48 heavy (non-hydrogen) atoms. The average Bonchev–Trinajstić information content (AvgIpc) is 3.59. The van der Waals surface area contributed by atoms with Crippen LogP contribution in [0.4, 0.5) is 5.69 Å². The zero-order valence-electron chi connectivity index (χ0n) is 26.9. The lowest BCUT2D eigenvalue weighted by molar-refractivity contribution is -0.140. The molecule has 1 atom stereocenters. The molecule has 2 amide bonds. The number of sulfonamides is 1. The molecule has 8 nitrogen and oxygen atoms in total. The first kappa shape index (κ1) is 35.4. The third kappa shape index (κ3) is 8.78. The molecule has 1 N–H and O–H groups in total. The Morgan fingerprint density at radius 3 is 2.27 bits per heavy atom. The summed E-state index contributed by atoms with van der Waals surface area (Å²) in [5.41, 5.74) is 2.84. The fourth-order valence-electron chi connectivity index (χ4n) is 5.93. The minimum absolute atomic E-state index is 0.0234. The van der Waals surface area contributed by atoms with Crippen molar-refractivity contribution in [3.05, 3.63) is 123 Å². The molecule has 0 saturated heterocycles. The van der Waals surface area contributed by atoms with Gasteiger partial charge in [-0.25, -0.2) is 8.42 Å². The number of rotatable bonds is 13. The number of anilines is 1. The van der Waals surface area contributed by atoms with Gasteiger partial charge in [0.1, 0.15) is 18.3 Å². The van der Waals surface area contributed by atoms with Crippen LogP contribution in [0.25, 0.3) is 0 Å². The maximum atomic E-state index is 14.7. The van der Waals surface area contributed by atoms with Crippen LogP contribution in [0.2, 0.25) is 5.02 Å². The van der Waals surface area contributed by atoms with Gasteiger partial charge < -0.3 is 15.0 Å².